The van der Waals surface area contributed by atoms with Gasteiger partial charge in [-0.1, -0.05) is 34.9 Å². The topological polar surface area (TPSA) is 81.2 Å². The van der Waals surface area contributed by atoms with Gasteiger partial charge < -0.3 is 14.3 Å². The van der Waals surface area contributed by atoms with Crippen LogP contribution < -0.4 is 5.32 Å². The van der Waals surface area contributed by atoms with Crippen LogP contribution >= 0.6 is 15.9 Å². The molecule has 7 heteroatoms. The van der Waals surface area contributed by atoms with Gasteiger partial charge in [-0.3, -0.25) is 4.79 Å². The maximum absolute atomic E-state index is 12.4. The Morgan fingerprint density at radius 1 is 1.36 bits per heavy atom. The molecule has 1 aromatic carbocycles. The molecule has 2 aromatic heterocycles. The molecule has 0 aliphatic heterocycles. The van der Waals surface area contributed by atoms with Crippen LogP contribution in [0.1, 0.15) is 54.0 Å². The number of fused-ring (bicyclic) bond motifs is 1. The Morgan fingerprint density at radius 2 is 2.16 bits per heavy atom. The van der Waals surface area contributed by atoms with E-state index in [0.29, 0.717) is 36.0 Å². The second-order valence-electron chi connectivity index (χ2n) is 6.26. The van der Waals surface area contributed by atoms with Crippen molar-refractivity contribution >= 4 is 32.8 Å². The molecule has 0 spiro atoms. The predicted octanol–water partition coefficient (Wildman–Crippen LogP) is 4.37. The Balaban J connectivity index is 1.56. The minimum absolute atomic E-state index is 0.210. The van der Waals surface area contributed by atoms with Crippen LogP contribution in [-0.2, 0) is 6.42 Å². The lowest BCUT2D eigenvalue weighted by molar-refractivity contribution is 0.0926. The first-order valence-electron chi connectivity index (χ1n) is 8.25. The number of halogens is 1. The zero-order valence-electron chi connectivity index (χ0n) is 14.4. The first-order chi connectivity index (χ1) is 12.0. The molecule has 0 saturated carbocycles. The van der Waals surface area contributed by atoms with Crippen molar-refractivity contribution in [1.82, 2.24) is 15.5 Å². The number of nitrogens with one attached hydrogen (secondary N) is 1. The maximum Gasteiger partial charge on any atom is 0.287 e. The third-order valence-corrected chi connectivity index (χ3v) is 4.45. The van der Waals surface area contributed by atoms with Crippen LogP contribution in [0.25, 0.3) is 11.0 Å². The van der Waals surface area contributed by atoms with Crippen molar-refractivity contribution in [1.29, 1.82) is 0 Å². The van der Waals surface area contributed by atoms with Crippen molar-refractivity contribution in [2.75, 3.05) is 6.54 Å². The number of aromatic nitrogens is 2. The van der Waals surface area contributed by atoms with E-state index in [1.165, 1.54) is 0 Å². The maximum atomic E-state index is 12.4. The van der Waals surface area contributed by atoms with Crippen molar-refractivity contribution < 1.29 is 13.7 Å². The first kappa shape index (κ1) is 17.7. The van der Waals surface area contributed by atoms with Gasteiger partial charge >= 0.3 is 0 Å². The fraction of sp³-hybridized carbons (Fsp3) is 0.389. The van der Waals surface area contributed by atoms with Crippen LogP contribution in [0.2, 0.25) is 0 Å². The summed E-state index contributed by atoms with van der Waals surface area (Å²) in [5.74, 6) is 1.70. The van der Waals surface area contributed by atoms with Crippen LogP contribution in [0.4, 0.5) is 0 Å². The van der Waals surface area contributed by atoms with Gasteiger partial charge in [0.05, 0.1) is 0 Å². The summed E-state index contributed by atoms with van der Waals surface area (Å²) in [6.45, 7) is 6.43. The third-order valence-electron chi connectivity index (χ3n) is 3.96. The number of hydrogen-bond acceptors (Lipinski definition) is 5. The summed E-state index contributed by atoms with van der Waals surface area (Å²) in [6.07, 6.45) is 1.35. The van der Waals surface area contributed by atoms with Gasteiger partial charge in [0.15, 0.2) is 11.6 Å². The lowest BCUT2D eigenvalue weighted by Crippen LogP contribution is -2.25. The molecule has 0 unspecified atom stereocenters. The molecule has 0 aliphatic rings. The summed E-state index contributed by atoms with van der Waals surface area (Å²) >= 11 is 3.43. The number of amides is 1. The number of rotatable bonds is 6. The summed E-state index contributed by atoms with van der Waals surface area (Å²) in [5, 5.41) is 7.75. The first-order valence-corrected chi connectivity index (χ1v) is 9.04. The quantitative estimate of drug-likeness (QED) is 0.615. The lowest BCUT2D eigenvalue weighted by Gasteiger charge is -2.02. The van der Waals surface area contributed by atoms with E-state index in [-0.39, 0.29) is 11.8 Å². The number of benzene rings is 1. The minimum Gasteiger partial charge on any atom is -0.451 e. The smallest absolute Gasteiger partial charge is 0.287 e. The van der Waals surface area contributed by atoms with Crippen LogP contribution in [0, 0.1) is 6.92 Å². The van der Waals surface area contributed by atoms with Gasteiger partial charge in [-0.15, -0.1) is 0 Å². The molecule has 0 radical (unpaired) electrons. The predicted molar refractivity (Wildman–Crippen MR) is 97.7 cm³/mol. The number of hydrogen-bond donors (Lipinski definition) is 1. The second-order valence-corrected chi connectivity index (χ2v) is 7.17. The highest BCUT2D eigenvalue weighted by molar-refractivity contribution is 9.10. The fourth-order valence-electron chi connectivity index (χ4n) is 2.54. The molecule has 6 nitrogen and oxygen atoms in total. The highest BCUT2D eigenvalue weighted by atomic mass is 79.9. The van der Waals surface area contributed by atoms with Crippen molar-refractivity contribution in [3.8, 4) is 0 Å². The molecule has 0 aliphatic carbocycles. The molecule has 25 heavy (non-hydrogen) atoms. The van der Waals surface area contributed by atoms with Gasteiger partial charge in [0.2, 0.25) is 5.89 Å². The van der Waals surface area contributed by atoms with E-state index < -0.39 is 0 Å². The normalized spacial score (nSPS) is 11.4. The van der Waals surface area contributed by atoms with Gasteiger partial charge in [0, 0.05) is 34.3 Å². The molecule has 0 bridgehead atoms. The summed E-state index contributed by atoms with van der Waals surface area (Å²) in [6, 6.07) is 5.70. The number of carbonyl (C=O) groups is 1. The average Bonchev–Trinajstić information content (AvgIpc) is 3.17. The van der Waals surface area contributed by atoms with E-state index in [0.717, 1.165) is 21.8 Å². The molecule has 132 valence electrons. The van der Waals surface area contributed by atoms with Gasteiger partial charge in [-0.05, 0) is 31.5 Å². The Bertz CT molecular complexity index is 898. The van der Waals surface area contributed by atoms with Crippen LogP contribution in [0.15, 0.2) is 31.6 Å². The number of furan rings is 1. The molecule has 3 rings (SSSR count). The van der Waals surface area contributed by atoms with Crippen molar-refractivity contribution in [2.24, 2.45) is 0 Å². The largest absolute Gasteiger partial charge is 0.451 e. The Kier molecular flexibility index (Phi) is 5.22. The van der Waals surface area contributed by atoms with Crippen LogP contribution in [-0.4, -0.2) is 22.6 Å². The highest BCUT2D eigenvalue weighted by Gasteiger charge is 2.17. The minimum atomic E-state index is -0.210. The van der Waals surface area contributed by atoms with Gasteiger partial charge in [0.1, 0.15) is 5.58 Å². The van der Waals surface area contributed by atoms with Crippen LogP contribution in [0.3, 0.4) is 0 Å². The second kappa shape index (κ2) is 7.39. The summed E-state index contributed by atoms with van der Waals surface area (Å²) in [7, 11) is 0. The Hall–Kier alpha value is -2.15. The summed E-state index contributed by atoms with van der Waals surface area (Å²) in [5.41, 5.74) is 1.55. The van der Waals surface area contributed by atoms with E-state index in [1.54, 1.807) is 0 Å². The van der Waals surface area contributed by atoms with Crippen molar-refractivity contribution in [3.63, 3.8) is 0 Å². The molecule has 0 saturated heterocycles. The molecular formula is C18H20BrN3O3. The number of aryl methyl sites for hydroxylation is 2. The zero-order valence-corrected chi connectivity index (χ0v) is 16.0. The number of nitrogens with zero attached hydrogens (tertiary/aromatic N) is 2. The molecule has 3 aromatic rings. The average molecular weight is 406 g/mol. The van der Waals surface area contributed by atoms with Gasteiger partial charge in [0.25, 0.3) is 5.91 Å². The molecule has 2 heterocycles. The van der Waals surface area contributed by atoms with Crippen molar-refractivity contribution in [3.05, 3.63) is 45.7 Å². The standard InChI is InChI=1S/C18H20BrN3O3/c1-10(2)17-21-15(25-22-17)5-4-8-20-18(23)16-11(3)13-9-12(19)6-7-14(13)24-16/h6-7,9-10H,4-5,8H2,1-3H3,(H,20,23). The zero-order chi connectivity index (χ0) is 18.0. The summed E-state index contributed by atoms with van der Waals surface area (Å²) < 4.78 is 11.8. The molecule has 1 amide bonds. The fourth-order valence-corrected chi connectivity index (χ4v) is 2.90. The van der Waals surface area contributed by atoms with Crippen molar-refractivity contribution in [2.45, 2.75) is 39.5 Å². The number of carbonyl (C=O) groups excluding carboxylic acids is 1. The van der Waals surface area contributed by atoms with Gasteiger partial charge in [-0.25, -0.2) is 0 Å². The van der Waals surface area contributed by atoms with Gasteiger partial charge in [-0.2, -0.15) is 4.98 Å². The molecular weight excluding hydrogens is 386 g/mol. The van der Waals surface area contributed by atoms with E-state index >= 15 is 0 Å². The molecule has 1 N–H and O–H groups in total. The Labute approximate surface area is 154 Å². The monoisotopic (exact) mass is 405 g/mol. The van der Waals surface area contributed by atoms with E-state index in [2.05, 4.69) is 31.4 Å². The summed E-state index contributed by atoms with van der Waals surface area (Å²) in [4.78, 5) is 16.7. The lowest BCUT2D eigenvalue weighted by atomic mass is 10.1. The third kappa shape index (κ3) is 3.92. The highest BCUT2D eigenvalue weighted by Crippen LogP contribution is 2.27. The van der Waals surface area contributed by atoms with E-state index in [1.807, 2.05) is 39.0 Å². The molecule has 0 atom stereocenters. The SMILES string of the molecule is Cc1c(C(=O)NCCCc2nc(C(C)C)no2)oc2ccc(Br)cc12. The van der Waals surface area contributed by atoms with Crippen LogP contribution in [0.5, 0.6) is 0 Å². The van der Waals surface area contributed by atoms with E-state index in [4.69, 9.17) is 8.94 Å². The molecule has 0 fully saturated rings. The van der Waals surface area contributed by atoms with E-state index in [9.17, 15) is 4.79 Å². The Morgan fingerprint density at radius 3 is 2.88 bits per heavy atom.